The lowest BCUT2D eigenvalue weighted by Crippen LogP contribution is -2.24. The summed E-state index contributed by atoms with van der Waals surface area (Å²) in [5.74, 6) is -0.721. The van der Waals surface area contributed by atoms with Crippen LogP contribution in [0, 0.1) is 0 Å². The van der Waals surface area contributed by atoms with Crippen molar-refractivity contribution in [3.63, 3.8) is 0 Å². The van der Waals surface area contributed by atoms with E-state index < -0.39 is 12.2 Å². The summed E-state index contributed by atoms with van der Waals surface area (Å²) in [5, 5.41) is 8.35. The summed E-state index contributed by atoms with van der Waals surface area (Å²) >= 11 is 0. The van der Waals surface area contributed by atoms with Crippen molar-refractivity contribution >= 4 is 11.9 Å². The summed E-state index contributed by atoms with van der Waals surface area (Å²) in [6.45, 7) is 8.98. The first-order valence-electron chi connectivity index (χ1n) is 9.75. The van der Waals surface area contributed by atoms with Crippen LogP contribution in [0.15, 0.2) is 30.3 Å². The van der Waals surface area contributed by atoms with Crippen LogP contribution in [0.1, 0.15) is 33.3 Å². The first kappa shape index (κ1) is 27.0. The second-order valence-corrected chi connectivity index (χ2v) is 5.79. The largest absolute Gasteiger partial charge is 0.464 e. The Morgan fingerprint density at radius 1 is 0.862 bits per heavy atom. The van der Waals surface area contributed by atoms with Crippen LogP contribution in [0.3, 0.4) is 0 Å². The van der Waals surface area contributed by atoms with E-state index in [4.69, 9.17) is 24.1 Å². The third-order valence-corrected chi connectivity index (χ3v) is 3.40. The van der Waals surface area contributed by atoms with Gasteiger partial charge in [-0.15, -0.1) is 0 Å². The average molecular weight is 414 g/mol. The van der Waals surface area contributed by atoms with Gasteiger partial charge >= 0.3 is 11.9 Å². The quantitative estimate of drug-likeness (QED) is 0.387. The van der Waals surface area contributed by atoms with Gasteiger partial charge in [0.2, 0.25) is 0 Å². The van der Waals surface area contributed by atoms with Crippen molar-refractivity contribution in [1.29, 1.82) is 0 Å². The first-order chi connectivity index (χ1) is 14.0. The maximum absolute atomic E-state index is 11.2. The van der Waals surface area contributed by atoms with Gasteiger partial charge in [-0.3, -0.25) is 0 Å². The maximum atomic E-state index is 11.2. The summed E-state index contributed by atoms with van der Waals surface area (Å²) in [6.07, 6.45) is -1.12. The first-order valence-corrected chi connectivity index (χ1v) is 9.75. The molecule has 2 atom stereocenters. The number of hydrogen-bond donors (Lipinski definition) is 1. The van der Waals surface area contributed by atoms with Crippen molar-refractivity contribution in [2.24, 2.45) is 0 Å². The Kier molecular flexibility index (Phi) is 16.8. The van der Waals surface area contributed by atoms with Gasteiger partial charge in [-0.2, -0.15) is 0 Å². The van der Waals surface area contributed by atoms with Crippen LogP contribution in [0.25, 0.3) is 0 Å². The lowest BCUT2D eigenvalue weighted by Gasteiger charge is -2.11. The van der Waals surface area contributed by atoms with Crippen LogP contribution in [0.4, 0.5) is 0 Å². The van der Waals surface area contributed by atoms with Crippen LogP contribution < -0.4 is 0 Å². The number of hydrogen-bond acceptors (Lipinski definition) is 8. The molecule has 1 rings (SSSR count). The molecule has 0 unspecified atom stereocenters. The summed E-state index contributed by atoms with van der Waals surface area (Å²) in [7, 11) is 0. The number of carbonyl (C=O) groups is 2. The Hall–Kier alpha value is -2.00. The van der Waals surface area contributed by atoms with Gasteiger partial charge in [0, 0.05) is 0 Å². The van der Waals surface area contributed by atoms with Gasteiger partial charge in [0.15, 0.2) is 12.2 Å². The molecule has 0 fully saturated rings. The van der Waals surface area contributed by atoms with Gasteiger partial charge in [-0.25, -0.2) is 9.59 Å². The Morgan fingerprint density at radius 2 is 1.38 bits per heavy atom. The van der Waals surface area contributed by atoms with Gasteiger partial charge in [0.25, 0.3) is 0 Å². The maximum Gasteiger partial charge on any atom is 0.334 e. The number of aliphatic hydroxyl groups is 1. The summed E-state index contributed by atoms with van der Waals surface area (Å²) in [5.41, 5.74) is 1.12. The van der Waals surface area contributed by atoms with Crippen molar-refractivity contribution < 1.29 is 38.4 Å². The van der Waals surface area contributed by atoms with E-state index in [-0.39, 0.29) is 25.2 Å². The Morgan fingerprint density at radius 3 is 1.86 bits per heavy atom. The van der Waals surface area contributed by atoms with E-state index >= 15 is 0 Å². The molecule has 0 spiro atoms. The van der Waals surface area contributed by atoms with Gasteiger partial charge in [-0.05, 0) is 33.3 Å². The van der Waals surface area contributed by atoms with Crippen LogP contribution in [-0.2, 0) is 39.9 Å². The Labute approximate surface area is 173 Å². The zero-order valence-electron chi connectivity index (χ0n) is 17.8. The molecule has 1 aromatic carbocycles. The van der Waals surface area contributed by atoms with Crippen molar-refractivity contribution in [2.75, 3.05) is 39.6 Å². The molecule has 29 heavy (non-hydrogen) atoms. The number of carbonyl (C=O) groups excluding carboxylic acids is 2. The van der Waals surface area contributed by atoms with Crippen molar-refractivity contribution in [3.8, 4) is 0 Å². The molecular weight excluding hydrogens is 380 g/mol. The van der Waals surface area contributed by atoms with Crippen LogP contribution in [0.5, 0.6) is 0 Å². The molecule has 1 aromatic rings. The Balaban J connectivity index is 0.000000614. The predicted molar refractivity (Wildman–Crippen MR) is 107 cm³/mol. The minimum atomic E-state index is -0.581. The second-order valence-electron chi connectivity index (χ2n) is 5.79. The molecule has 0 aliphatic carbocycles. The van der Waals surface area contributed by atoms with Crippen molar-refractivity contribution in [1.82, 2.24) is 0 Å². The third kappa shape index (κ3) is 14.6. The van der Waals surface area contributed by atoms with Crippen LogP contribution in [0.2, 0.25) is 0 Å². The highest BCUT2D eigenvalue weighted by Crippen LogP contribution is 2.01. The number of ether oxygens (including phenoxy) is 5. The molecule has 0 bridgehead atoms. The predicted octanol–water partition coefficient (Wildman–Crippen LogP) is 2.12. The zero-order valence-corrected chi connectivity index (χ0v) is 17.8. The highest BCUT2D eigenvalue weighted by atomic mass is 16.6. The van der Waals surface area contributed by atoms with Gasteiger partial charge in [-0.1, -0.05) is 30.3 Å². The SMILES string of the molecule is CCOC(=O)[C@H](C)OCCO.CCOC(=O)[C@H](C)OCCOCc1ccccc1. The smallest absolute Gasteiger partial charge is 0.334 e. The second kappa shape index (κ2) is 18.1. The monoisotopic (exact) mass is 414 g/mol. The highest BCUT2D eigenvalue weighted by molar-refractivity contribution is 5.74. The minimum absolute atomic E-state index is 0.0796. The average Bonchev–Trinajstić information content (AvgIpc) is 2.73. The molecule has 1 N–H and O–H groups in total. The fraction of sp³-hybridized carbons (Fsp3) is 0.619. The van der Waals surface area contributed by atoms with E-state index in [0.717, 1.165) is 5.56 Å². The summed E-state index contributed by atoms with van der Waals surface area (Å²) in [6, 6.07) is 9.91. The lowest BCUT2D eigenvalue weighted by atomic mass is 10.2. The third-order valence-electron chi connectivity index (χ3n) is 3.40. The molecule has 0 radical (unpaired) electrons. The Bertz CT molecular complexity index is 535. The molecule has 8 heteroatoms. The molecule has 166 valence electrons. The molecular formula is C21H34O8. The molecule has 0 heterocycles. The van der Waals surface area contributed by atoms with Gasteiger partial charge in [0.1, 0.15) is 0 Å². The topological polar surface area (TPSA) is 101 Å². The van der Waals surface area contributed by atoms with Crippen molar-refractivity contribution in [2.45, 2.75) is 46.5 Å². The fourth-order valence-corrected chi connectivity index (χ4v) is 1.93. The molecule has 0 saturated carbocycles. The van der Waals surface area contributed by atoms with E-state index in [0.29, 0.717) is 33.0 Å². The molecule has 0 aliphatic rings. The van der Waals surface area contributed by atoms with E-state index in [9.17, 15) is 9.59 Å². The van der Waals surface area contributed by atoms with Crippen LogP contribution >= 0.6 is 0 Å². The molecule has 0 aromatic heterocycles. The molecule has 0 saturated heterocycles. The van der Waals surface area contributed by atoms with E-state index in [1.807, 2.05) is 30.3 Å². The summed E-state index contributed by atoms with van der Waals surface area (Å²) < 4.78 is 25.1. The van der Waals surface area contributed by atoms with E-state index in [1.165, 1.54) is 0 Å². The number of aliphatic hydroxyl groups excluding tert-OH is 1. The number of benzene rings is 1. The lowest BCUT2D eigenvalue weighted by molar-refractivity contribution is -0.156. The zero-order chi connectivity index (χ0) is 21.9. The molecule has 0 amide bonds. The van der Waals surface area contributed by atoms with Gasteiger partial charge in [0.05, 0.1) is 46.2 Å². The highest BCUT2D eigenvalue weighted by Gasteiger charge is 2.14. The van der Waals surface area contributed by atoms with Crippen LogP contribution in [-0.4, -0.2) is 68.9 Å². The van der Waals surface area contributed by atoms with Crippen molar-refractivity contribution in [3.05, 3.63) is 35.9 Å². The molecule has 0 aliphatic heterocycles. The number of rotatable bonds is 13. The fourth-order valence-electron chi connectivity index (χ4n) is 1.93. The van der Waals surface area contributed by atoms with Gasteiger partial charge < -0.3 is 28.8 Å². The molecule has 8 nitrogen and oxygen atoms in total. The number of esters is 2. The normalized spacial score (nSPS) is 12.3. The van der Waals surface area contributed by atoms with E-state index in [2.05, 4.69) is 4.74 Å². The standard InChI is InChI=1S/C14H20O4.C7H14O4/c1-3-17-14(15)12(2)18-10-9-16-11-13-7-5-4-6-8-13;1-3-10-7(9)6(2)11-5-4-8/h4-8,12H,3,9-11H2,1-2H3;6,8H,3-5H2,1-2H3/t12-;6-/m00/s1. The minimum Gasteiger partial charge on any atom is -0.464 e. The van der Waals surface area contributed by atoms with E-state index in [1.54, 1.807) is 27.7 Å². The summed E-state index contributed by atoms with van der Waals surface area (Å²) in [4.78, 5) is 22.1.